The number of rotatable bonds is 6. The van der Waals surface area contributed by atoms with Gasteiger partial charge in [0.2, 0.25) is 5.91 Å². The summed E-state index contributed by atoms with van der Waals surface area (Å²) >= 11 is 0. The van der Waals surface area contributed by atoms with E-state index in [1.807, 2.05) is 6.92 Å². The Morgan fingerprint density at radius 3 is 2.70 bits per heavy atom. The standard InChI is InChI=1S/C17H29NO2/c1-12(2)16(20)10-11-17(5,18-14(4)19)15-8-6-13(3)7-9-15/h6,15-16,20H,1,7-11H2,2-5H3,(H,18,19)/t15-,16-,17-/m0/s1. The van der Waals surface area contributed by atoms with Gasteiger partial charge in [-0.05, 0) is 58.8 Å². The van der Waals surface area contributed by atoms with Crippen LogP contribution >= 0.6 is 0 Å². The molecule has 0 saturated heterocycles. The molecule has 0 aromatic rings. The zero-order valence-corrected chi connectivity index (χ0v) is 13.3. The SMILES string of the molecule is C=C(C)[C@@H](O)CC[C@](C)(NC(C)=O)[C@H]1CC=C(C)CC1. The molecule has 0 unspecified atom stereocenters. The van der Waals surface area contributed by atoms with Gasteiger partial charge in [-0.1, -0.05) is 23.8 Å². The lowest BCUT2D eigenvalue weighted by Gasteiger charge is -2.40. The summed E-state index contributed by atoms with van der Waals surface area (Å²) in [6, 6.07) is 0. The van der Waals surface area contributed by atoms with E-state index in [1.54, 1.807) is 6.92 Å². The summed E-state index contributed by atoms with van der Waals surface area (Å²) in [5.41, 5.74) is 1.97. The maximum absolute atomic E-state index is 11.5. The van der Waals surface area contributed by atoms with E-state index in [2.05, 4.69) is 31.8 Å². The summed E-state index contributed by atoms with van der Waals surface area (Å²) in [6.45, 7) is 11.5. The Bertz CT molecular complexity index is 400. The van der Waals surface area contributed by atoms with E-state index in [9.17, 15) is 9.90 Å². The zero-order valence-electron chi connectivity index (χ0n) is 13.3. The van der Waals surface area contributed by atoms with Crippen LogP contribution in [0.25, 0.3) is 0 Å². The number of hydrogen-bond donors (Lipinski definition) is 2. The van der Waals surface area contributed by atoms with Gasteiger partial charge in [-0.2, -0.15) is 0 Å². The summed E-state index contributed by atoms with van der Waals surface area (Å²) in [7, 11) is 0. The van der Waals surface area contributed by atoms with Gasteiger partial charge in [-0.25, -0.2) is 0 Å². The first-order valence-electron chi connectivity index (χ1n) is 7.52. The van der Waals surface area contributed by atoms with Crippen molar-refractivity contribution in [3.05, 3.63) is 23.8 Å². The molecule has 0 bridgehead atoms. The summed E-state index contributed by atoms with van der Waals surface area (Å²) in [6.07, 6.45) is 6.42. The zero-order chi connectivity index (χ0) is 15.3. The van der Waals surface area contributed by atoms with Crippen molar-refractivity contribution in [2.45, 2.75) is 71.4 Å². The monoisotopic (exact) mass is 279 g/mol. The first-order valence-corrected chi connectivity index (χ1v) is 7.52. The molecular weight excluding hydrogens is 250 g/mol. The first kappa shape index (κ1) is 17.0. The number of aliphatic hydroxyl groups excluding tert-OH is 1. The van der Waals surface area contributed by atoms with Gasteiger partial charge in [0, 0.05) is 12.5 Å². The summed E-state index contributed by atoms with van der Waals surface area (Å²) < 4.78 is 0. The molecule has 20 heavy (non-hydrogen) atoms. The molecule has 1 amide bonds. The predicted molar refractivity (Wildman–Crippen MR) is 83.4 cm³/mol. The minimum atomic E-state index is -0.482. The Morgan fingerprint density at radius 1 is 1.60 bits per heavy atom. The van der Waals surface area contributed by atoms with Crippen molar-refractivity contribution >= 4 is 5.91 Å². The Morgan fingerprint density at radius 2 is 2.25 bits per heavy atom. The van der Waals surface area contributed by atoms with E-state index in [1.165, 1.54) is 5.57 Å². The average Bonchev–Trinajstić information content (AvgIpc) is 2.35. The van der Waals surface area contributed by atoms with Gasteiger partial charge in [0.25, 0.3) is 0 Å². The normalized spacial score (nSPS) is 23.4. The molecule has 0 aromatic carbocycles. The average molecular weight is 279 g/mol. The second kappa shape index (κ2) is 7.07. The summed E-state index contributed by atoms with van der Waals surface area (Å²) in [5.74, 6) is 0.441. The first-order chi connectivity index (χ1) is 9.24. The van der Waals surface area contributed by atoms with Crippen LogP contribution in [0.2, 0.25) is 0 Å². The molecule has 0 aliphatic heterocycles. The van der Waals surface area contributed by atoms with Crippen LogP contribution in [0.3, 0.4) is 0 Å². The van der Waals surface area contributed by atoms with Crippen LogP contribution < -0.4 is 5.32 Å². The highest BCUT2D eigenvalue weighted by Crippen LogP contribution is 2.35. The molecule has 0 saturated carbocycles. The van der Waals surface area contributed by atoms with Crippen molar-refractivity contribution in [3.63, 3.8) is 0 Å². The Balaban J connectivity index is 2.75. The third-order valence-electron chi connectivity index (χ3n) is 4.51. The van der Waals surface area contributed by atoms with Crippen molar-refractivity contribution in [3.8, 4) is 0 Å². The van der Waals surface area contributed by atoms with Gasteiger partial charge in [0.1, 0.15) is 0 Å². The van der Waals surface area contributed by atoms with Gasteiger partial charge >= 0.3 is 0 Å². The van der Waals surface area contributed by atoms with E-state index in [0.29, 0.717) is 12.3 Å². The number of hydrogen-bond acceptors (Lipinski definition) is 2. The molecule has 3 atom stereocenters. The smallest absolute Gasteiger partial charge is 0.217 e. The number of carbonyl (C=O) groups is 1. The van der Waals surface area contributed by atoms with E-state index < -0.39 is 6.10 Å². The largest absolute Gasteiger partial charge is 0.389 e. The topological polar surface area (TPSA) is 49.3 Å². The van der Waals surface area contributed by atoms with Gasteiger partial charge < -0.3 is 10.4 Å². The fourth-order valence-electron chi connectivity index (χ4n) is 3.00. The second-order valence-corrected chi connectivity index (χ2v) is 6.52. The maximum Gasteiger partial charge on any atom is 0.217 e. The quantitative estimate of drug-likeness (QED) is 0.733. The maximum atomic E-state index is 11.5. The van der Waals surface area contributed by atoms with Crippen LogP contribution in [0.5, 0.6) is 0 Å². The number of allylic oxidation sites excluding steroid dienone is 2. The molecule has 1 aliphatic carbocycles. The molecule has 3 nitrogen and oxygen atoms in total. The minimum Gasteiger partial charge on any atom is -0.389 e. The van der Waals surface area contributed by atoms with E-state index >= 15 is 0 Å². The number of nitrogens with one attached hydrogen (secondary N) is 1. The number of carbonyl (C=O) groups excluding carboxylic acids is 1. The van der Waals surface area contributed by atoms with Crippen molar-refractivity contribution in [2.24, 2.45) is 5.92 Å². The fourth-order valence-corrected chi connectivity index (χ4v) is 3.00. The Hall–Kier alpha value is -1.09. The summed E-state index contributed by atoms with van der Waals surface area (Å²) in [5, 5.41) is 13.1. The van der Waals surface area contributed by atoms with Crippen molar-refractivity contribution in [1.29, 1.82) is 0 Å². The van der Waals surface area contributed by atoms with Crippen molar-refractivity contribution < 1.29 is 9.90 Å². The molecule has 0 spiro atoms. The molecule has 1 rings (SSSR count). The molecule has 114 valence electrons. The number of aliphatic hydroxyl groups is 1. The lowest BCUT2D eigenvalue weighted by molar-refractivity contribution is -0.121. The Labute approximate surface area is 123 Å². The highest BCUT2D eigenvalue weighted by molar-refractivity contribution is 5.73. The third kappa shape index (κ3) is 4.78. The Kier molecular flexibility index (Phi) is 6.00. The highest BCUT2D eigenvalue weighted by atomic mass is 16.3. The highest BCUT2D eigenvalue weighted by Gasteiger charge is 2.35. The second-order valence-electron chi connectivity index (χ2n) is 6.52. The van der Waals surface area contributed by atoms with Crippen molar-refractivity contribution in [1.82, 2.24) is 5.32 Å². The van der Waals surface area contributed by atoms with Crippen molar-refractivity contribution in [2.75, 3.05) is 0 Å². The van der Waals surface area contributed by atoms with Crippen LogP contribution in [-0.4, -0.2) is 22.7 Å². The fraction of sp³-hybridized carbons (Fsp3) is 0.706. The van der Waals surface area contributed by atoms with Crippen LogP contribution in [-0.2, 0) is 4.79 Å². The van der Waals surface area contributed by atoms with Crippen LogP contribution in [0.15, 0.2) is 23.8 Å². The molecule has 1 aliphatic rings. The van der Waals surface area contributed by atoms with E-state index in [0.717, 1.165) is 31.3 Å². The third-order valence-corrected chi connectivity index (χ3v) is 4.51. The van der Waals surface area contributed by atoms with Gasteiger partial charge in [-0.15, -0.1) is 0 Å². The van der Waals surface area contributed by atoms with Crippen LogP contribution in [0, 0.1) is 5.92 Å². The molecule has 0 radical (unpaired) electrons. The van der Waals surface area contributed by atoms with Crippen LogP contribution in [0.4, 0.5) is 0 Å². The molecule has 2 N–H and O–H groups in total. The predicted octanol–water partition coefficient (Wildman–Crippen LogP) is 3.34. The van der Waals surface area contributed by atoms with Crippen LogP contribution in [0.1, 0.15) is 59.8 Å². The minimum absolute atomic E-state index is 0.00332. The van der Waals surface area contributed by atoms with E-state index in [4.69, 9.17) is 0 Å². The molecule has 0 heterocycles. The number of amides is 1. The molecule has 0 fully saturated rings. The summed E-state index contributed by atoms with van der Waals surface area (Å²) in [4.78, 5) is 11.5. The van der Waals surface area contributed by atoms with Gasteiger partial charge in [0.15, 0.2) is 0 Å². The van der Waals surface area contributed by atoms with E-state index in [-0.39, 0.29) is 11.4 Å². The molecular formula is C17H29NO2. The van der Waals surface area contributed by atoms with Gasteiger partial charge in [-0.3, -0.25) is 4.79 Å². The van der Waals surface area contributed by atoms with Gasteiger partial charge in [0.05, 0.1) is 6.10 Å². The lowest BCUT2D eigenvalue weighted by atomic mass is 9.73. The molecule has 0 aromatic heterocycles. The molecule has 3 heteroatoms. The lowest BCUT2D eigenvalue weighted by Crippen LogP contribution is -2.51.